The van der Waals surface area contributed by atoms with E-state index < -0.39 is 18.2 Å². The number of carbonyl (C=O) groups excluding carboxylic acids is 2. The Bertz CT molecular complexity index is 1720. The fraction of sp³-hybridized carbons (Fsp3) is 0.324. The maximum Gasteiger partial charge on any atom is 0.325 e. The number of nitrogens with two attached hydrogens (primary N) is 1. The lowest BCUT2D eigenvalue weighted by molar-refractivity contribution is -0.155. The second kappa shape index (κ2) is 14.1. The van der Waals surface area contributed by atoms with Gasteiger partial charge in [0.1, 0.15) is 11.7 Å². The number of carbonyl (C=O) groups is 2. The van der Waals surface area contributed by atoms with Crippen molar-refractivity contribution >= 4 is 28.6 Å². The molecule has 2 N–H and O–H groups in total. The third-order valence-electron chi connectivity index (χ3n) is 7.69. The van der Waals surface area contributed by atoms with Crippen molar-refractivity contribution < 1.29 is 14.3 Å². The largest absolute Gasteiger partial charge is 0.440 e. The van der Waals surface area contributed by atoms with Crippen LogP contribution in [0.2, 0.25) is 0 Å². The Morgan fingerprint density at radius 3 is 2.55 bits per heavy atom. The molecule has 0 aliphatic rings. The van der Waals surface area contributed by atoms with E-state index in [-0.39, 0.29) is 11.8 Å². The van der Waals surface area contributed by atoms with Crippen molar-refractivity contribution in [2.75, 3.05) is 32.6 Å². The summed E-state index contributed by atoms with van der Waals surface area (Å²) in [6.45, 7) is 6.34. The fourth-order valence-electron chi connectivity index (χ4n) is 4.71. The van der Waals surface area contributed by atoms with Crippen LogP contribution in [0.25, 0.3) is 33.3 Å². The Balaban J connectivity index is 1.75. The summed E-state index contributed by atoms with van der Waals surface area (Å²) in [5.74, 6) is -0.655. The van der Waals surface area contributed by atoms with Gasteiger partial charge in [-0.25, -0.2) is 4.98 Å². The zero-order chi connectivity index (χ0) is 32.0. The highest BCUT2D eigenvalue weighted by Crippen LogP contribution is 2.35. The van der Waals surface area contributed by atoms with Gasteiger partial charge in [0.2, 0.25) is 5.91 Å². The molecule has 10 nitrogen and oxygen atoms in total. The summed E-state index contributed by atoms with van der Waals surface area (Å²) in [6, 6.07) is 12.7. The van der Waals surface area contributed by atoms with E-state index in [0.717, 1.165) is 34.1 Å². The van der Waals surface area contributed by atoms with Crippen LogP contribution < -0.4 is 10.6 Å². The van der Waals surface area contributed by atoms with Crippen molar-refractivity contribution in [3.05, 3.63) is 78.9 Å². The molecule has 44 heavy (non-hydrogen) atoms. The maximum absolute atomic E-state index is 12.8. The molecule has 3 aromatic heterocycles. The molecule has 0 fully saturated rings. The molecule has 0 bridgehead atoms. The number of hydrogen-bond donors (Lipinski definition) is 1. The number of likely N-dealkylation sites (N-methyl/N-ethyl adjacent to an activating group) is 2. The number of esters is 1. The second-order valence-corrected chi connectivity index (χ2v) is 11.2. The number of amides is 1. The van der Waals surface area contributed by atoms with Gasteiger partial charge < -0.3 is 20.3 Å². The van der Waals surface area contributed by atoms with Crippen LogP contribution in [0.4, 0.5) is 5.69 Å². The van der Waals surface area contributed by atoms with Crippen molar-refractivity contribution in [1.82, 2.24) is 19.4 Å². The number of hydrogen-bond acceptors (Lipinski definition) is 8. The lowest BCUT2D eigenvalue weighted by Crippen LogP contribution is -2.38. The minimum atomic E-state index is -0.733. The number of nitriles is 1. The lowest BCUT2D eigenvalue weighted by atomic mass is 10.0. The van der Waals surface area contributed by atoms with Crippen LogP contribution in [0, 0.1) is 17.2 Å². The molecule has 1 amide bonds. The van der Waals surface area contributed by atoms with E-state index >= 15 is 0 Å². The van der Waals surface area contributed by atoms with Gasteiger partial charge in [-0.05, 0) is 56.8 Å². The van der Waals surface area contributed by atoms with E-state index in [1.807, 2.05) is 75.4 Å². The van der Waals surface area contributed by atoms with Crippen LogP contribution in [0.15, 0.2) is 73.3 Å². The Hall–Kier alpha value is -4.85. The zero-order valence-electron chi connectivity index (χ0n) is 26.1. The molecule has 3 heterocycles. The monoisotopic (exact) mass is 593 g/mol. The molecule has 0 aliphatic carbocycles. The van der Waals surface area contributed by atoms with Crippen LogP contribution in [0.1, 0.15) is 39.0 Å². The first-order valence-corrected chi connectivity index (χ1v) is 14.6. The minimum Gasteiger partial charge on any atom is -0.440 e. The molecular weight excluding hydrogens is 554 g/mol. The van der Waals surface area contributed by atoms with Gasteiger partial charge in [0.05, 0.1) is 23.5 Å². The maximum atomic E-state index is 12.8. The number of pyridine rings is 2. The van der Waals surface area contributed by atoms with Crippen LogP contribution in [-0.2, 0) is 14.3 Å². The van der Waals surface area contributed by atoms with E-state index in [1.165, 1.54) is 0 Å². The third-order valence-corrected chi connectivity index (χ3v) is 7.69. The van der Waals surface area contributed by atoms with Crippen molar-refractivity contribution in [2.45, 2.75) is 39.5 Å². The lowest BCUT2D eigenvalue weighted by Gasteiger charge is -2.21. The Labute approximate surface area is 258 Å². The molecule has 0 spiro atoms. The highest BCUT2D eigenvalue weighted by atomic mass is 16.6. The molecule has 0 saturated heterocycles. The molecule has 4 aromatic rings. The van der Waals surface area contributed by atoms with Crippen LogP contribution in [0.3, 0.4) is 0 Å². The Kier molecular flexibility index (Phi) is 10.3. The molecule has 2 unspecified atom stereocenters. The van der Waals surface area contributed by atoms with Gasteiger partial charge in [-0.15, -0.1) is 0 Å². The summed E-state index contributed by atoms with van der Waals surface area (Å²) in [7, 11) is 5.58. The van der Waals surface area contributed by atoms with Gasteiger partial charge in [-0.1, -0.05) is 38.5 Å². The predicted octanol–water partition coefficient (Wildman–Crippen LogP) is 5.15. The summed E-state index contributed by atoms with van der Waals surface area (Å²) in [5.41, 5.74) is 11.1. The summed E-state index contributed by atoms with van der Waals surface area (Å²) in [5, 5.41) is 10.3. The van der Waals surface area contributed by atoms with Crippen molar-refractivity contribution in [3.63, 3.8) is 0 Å². The summed E-state index contributed by atoms with van der Waals surface area (Å²) in [6.07, 6.45) is 10.4. The predicted molar refractivity (Wildman–Crippen MR) is 172 cm³/mol. The zero-order valence-corrected chi connectivity index (χ0v) is 26.1. The van der Waals surface area contributed by atoms with Crippen molar-refractivity contribution in [3.8, 4) is 28.3 Å². The normalized spacial score (nSPS) is 13.5. The molecule has 0 aliphatic heterocycles. The molecule has 0 saturated carbocycles. The number of rotatable bonds is 11. The quantitative estimate of drug-likeness (QED) is 0.187. The summed E-state index contributed by atoms with van der Waals surface area (Å²) in [4.78, 5) is 38.3. The van der Waals surface area contributed by atoms with E-state index in [4.69, 9.17) is 15.5 Å². The average molecular weight is 594 g/mol. The first kappa shape index (κ1) is 32.1. The molecule has 228 valence electrons. The number of fused-ring (bicyclic) bond motifs is 1. The molecule has 3 atom stereocenters. The smallest absolute Gasteiger partial charge is 0.325 e. The topological polar surface area (TPSA) is 130 Å². The van der Waals surface area contributed by atoms with Crippen LogP contribution >= 0.6 is 0 Å². The van der Waals surface area contributed by atoms with Gasteiger partial charge in [-0.2, -0.15) is 5.26 Å². The average Bonchev–Trinajstić information content (AvgIpc) is 3.42. The van der Waals surface area contributed by atoms with E-state index in [9.17, 15) is 14.9 Å². The van der Waals surface area contributed by atoms with Crippen LogP contribution in [0.5, 0.6) is 0 Å². The van der Waals surface area contributed by atoms with Crippen LogP contribution in [-0.4, -0.2) is 65.0 Å². The highest BCUT2D eigenvalue weighted by Gasteiger charge is 2.25. The molecular formula is C34H39N7O3. The number of benzene rings is 1. The van der Waals surface area contributed by atoms with Gasteiger partial charge in [0, 0.05) is 60.3 Å². The SMILES string of the molecule is CCC(C)C(N)C(=O)O[C@@H](C)n1cc(-c2cccc(C#N)c2)c2cc(-c3cncc(N(C)C(=O)/C=C/CN(C)C)c3)cnc21. The van der Waals surface area contributed by atoms with Crippen molar-refractivity contribution in [1.29, 1.82) is 5.26 Å². The van der Waals surface area contributed by atoms with Crippen molar-refractivity contribution in [2.24, 2.45) is 11.7 Å². The van der Waals surface area contributed by atoms with Gasteiger partial charge in [0.25, 0.3) is 0 Å². The molecule has 0 radical (unpaired) electrons. The van der Waals surface area contributed by atoms with Gasteiger partial charge in [0.15, 0.2) is 6.23 Å². The Morgan fingerprint density at radius 2 is 1.84 bits per heavy atom. The number of ether oxygens (including phenoxy) is 1. The number of nitrogens with zero attached hydrogens (tertiary/aromatic N) is 6. The standard InChI is InChI=1S/C34H39N7O3/c1-7-22(2)32(36)34(43)44-23(3)41-21-30(25-11-8-10-24(14-25)17-35)29-16-27(19-38-33(29)41)26-15-28(20-37-18-26)40(6)31(42)12-9-13-39(4)5/h8-12,14-16,18-23,32H,7,13,36H2,1-6H3/b12-9+/t22?,23-,32?/m0/s1. The second-order valence-electron chi connectivity index (χ2n) is 11.2. The first-order chi connectivity index (χ1) is 21.0. The van der Waals surface area contributed by atoms with Gasteiger partial charge >= 0.3 is 5.97 Å². The van der Waals surface area contributed by atoms with Gasteiger partial charge in [-0.3, -0.25) is 19.1 Å². The van der Waals surface area contributed by atoms with E-state index in [0.29, 0.717) is 23.4 Å². The third kappa shape index (κ3) is 7.19. The van der Waals surface area contributed by atoms with E-state index in [2.05, 4.69) is 11.1 Å². The van der Waals surface area contributed by atoms with E-state index in [1.54, 1.807) is 54.2 Å². The first-order valence-electron chi connectivity index (χ1n) is 14.6. The summed E-state index contributed by atoms with van der Waals surface area (Å²) < 4.78 is 7.60. The Morgan fingerprint density at radius 1 is 1.09 bits per heavy atom. The molecule has 4 rings (SSSR count). The number of aromatic nitrogens is 3. The molecule has 1 aromatic carbocycles. The fourth-order valence-corrected chi connectivity index (χ4v) is 4.71. The number of anilines is 1. The summed E-state index contributed by atoms with van der Waals surface area (Å²) >= 11 is 0. The highest BCUT2D eigenvalue weighted by molar-refractivity contribution is 6.01. The molecule has 10 heteroatoms. The minimum absolute atomic E-state index is 0.0196.